The van der Waals surface area contributed by atoms with E-state index in [9.17, 15) is 13.6 Å². The Morgan fingerprint density at radius 3 is 2.75 bits per heavy atom. The highest BCUT2D eigenvalue weighted by Gasteiger charge is 2.27. The Labute approximate surface area is 145 Å². The third-order valence-corrected chi connectivity index (χ3v) is 4.11. The number of hydrogen-bond donors (Lipinski definition) is 0. The second-order valence-electron chi connectivity index (χ2n) is 5.44. The molecule has 24 heavy (non-hydrogen) atoms. The maximum Gasteiger partial charge on any atom is 0.316 e. The molecule has 0 saturated carbocycles. The van der Waals surface area contributed by atoms with Crippen molar-refractivity contribution in [3.8, 4) is 6.01 Å². The van der Waals surface area contributed by atoms with Crippen molar-refractivity contribution in [1.82, 2.24) is 14.9 Å². The number of carbonyl (C=O) groups excluding carboxylic acids is 1. The first kappa shape index (κ1) is 16.8. The smallest absolute Gasteiger partial charge is 0.316 e. The van der Waals surface area contributed by atoms with Gasteiger partial charge in [-0.3, -0.25) is 4.79 Å². The molecule has 8 heteroatoms. The van der Waals surface area contributed by atoms with Crippen molar-refractivity contribution in [3.63, 3.8) is 0 Å². The van der Waals surface area contributed by atoms with Gasteiger partial charge in [0.1, 0.15) is 17.7 Å². The first-order chi connectivity index (χ1) is 11.5. The lowest BCUT2D eigenvalue weighted by molar-refractivity contribution is 0.0511. The predicted octanol–water partition coefficient (Wildman–Crippen LogP) is 3.20. The fourth-order valence-corrected chi connectivity index (χ4v) is 2.77. The summed E-state index contributed by atoms with van der Waals surface area (Å²) in [6.45, 7) is 0.797. The molecule has 1 aliphatic heterocycles. The Morgan fingerprint density at radius 2 is 2.04 bits per heavy atom. The van der Waals surface area contributed by atoms with Gasteiger partial charge in [-0.2, -0.15) is 0 Å². The zero-order valence-corrected chi connectivity index (χ0v) is 14.2. The van der Waals surface area contributed by atoms with Crippen LogP contribution in [0.3, 0.4) is 0 Å². The van der Waals surface area contributed by atoms with Gasteiger partial charge in [-0.05, 0) is 40.9 Å². The van der Waals surface area contributed by atoms with E-state index in [1.807, 2.05) is 0 Å². The van der Waals surface area contributed by atoms with Gasteiger partial charge in [-0.25, -0.2) is 18.7 Å². The summed E-state index contributed by atoms with van der Waals surface area (Å²) in [5, 5.41) is 0. The average Bonchev–Trinajstić information content (AvgIpc) is 2.57. The van der Waals surface area contributed by atoms with Crippen LogP contribution < -0.4 is 4.74 Å². The second-order valence-corrected chi connectivity index (χ2v) is 6.36. The van der Waals surface area contributed by atoms with Crippen LogP contribution in [0.2, 0.25) is 0 Å². The maximum atomic E-state index is 13.8. The molecule has 1 amide bonds. The molecular formula is C16H14BrF2N3O2. The van der Waals surface area contributed by atoms with E-state index in [4.69, 9.17) is 4.74 Å². The summed E-state index contributed by atoms with van der Waals surface area (Å²) in [4.78, 5) is 22.0. The summed E-state index contributed by atoms with van der Waals surface area (Å²) in [6, 6.07) is 3.17. The fourth-order valence-electron chi connectivity index (χ4n) is 2.56. The molecule has 1 saturated heterocycles. The number of likely N-dealkylation sites (tertiary alicyclic amines) is 1. The van der Waals surface area contributed by atoms with Gasteiger partial charge in [0.2, 0.25) is 0 Å². The molecular weight excluding hydrogens is 384 g/mol. The number of rotatable bonds is 3. The summed E-state index contributed by atoms with van der Waals surface area (Å²) in [5.41, 5.74) is -0.142. The predicted molar refractivity (Wildman–Crippen MR) is 85.6 cm³/mol. The highest BCUT2D eigenvalue weighted by atomic mass is 79.9. The minimum Gasteiger partial charge on any atom is -0.458 e. The summed E-state index contributed by atoms with van der Waals surface area (Å²) in [5.74, 6) is -2.05. The van der Waals surface area contributed by atoms with Crippen LogP contribution in [0.25, 0.3) is 0 Å². The molecule has 2 heterocycles. The van der Waals surface area contributed by atoms with Crippen molar-refractivity contribution in [1.29, 1.82) is 0 Å². The lowest BCUT2D eigenvalue weighted by atomic mass is 10.1. The van der Waals surface area contributed by atoms with Crippen molar-refractivity contribution >= 4 is 21.8 Å². The molecule has 0 aliphatic carbocycles. The van der Waals surface area contributed by atoms with Gasteiger partial charge in [-0.1, -0.05) is 0 Å². The van der Waals surface area contributed by atoms with Gasteiger partial charge >= 0.3 is 6.01 Å². The number of halogens is 3. The zero-order valence-electron chi connectivity index (χ0n) is 12.6. The lowest BCUT2D eigenvalue weighted by Gasteiger charge is -2.32. The van der Waals surface area contributed by atoms with Gasteiger partial charge in [0.05, 0.1) is 16.6 Å². The first-order valence-electron chi connectivity index (χ1n) is 7.41. The van der Waals surface area contributed by atoms with E-state index >= 15 is 0 Å². The van der Waals surface area contributed by atoms with Crippen molar-refractivity contribution in [2.24, 2.45) is 0 Å². The number of nitrogens with zero attached hydrogens (tertiary/aromatic N) is 3. The molecule has 1 unspecified atom stereocenters. The van der Waals surface area contributed by atoms with Crippen LogP contribution in [0.1, 0.15) is 23.2 Å². The topological polar surface area (TPSA) is 55.3 Å². The highest BCUT2D eigenvalue weighted by Crippen LogP contribution is 2.19. The Bertz CT molecular complexity index is 743. The zero-order chi connectivity index (χ0) is 17.1. The third kappa shape index (κ3) is 3.87. The molecule has 0 N–H and O–H groups in total. The molecule has 1 aromatic heterocycles. The molecule has 3 rings (SSSR count). The molecule has 126 valence electrons. The average molecular weight is 398 g/mol. The highest BCUT2D eigenvalue weighted by molar-refractivity contribution is 9.10. The molecule has 2 aromatic rings. The Morgan fingerprint density at radius 1 is 1.29 bits per heavy atom. The Hall–Kier alpha value is -2.09. The number of piperidine rings is 1. The molecule has 1 aliphatic rings. The Balaban J connectivity index is 1.68. The molecule has 1 aromatic carbocycles. The van der Waals surface area contributed by atoms with Crippen LogP contribution in [-0.2, 0) is 0 Å². The first-order valence-corrected chi connectivity index (χ1v) is 8.21. The number of carbonyl (C=O) groups is 1. The standard InChI is InChI=1S/C16H14BrF2N3O2/c17-10-7-20-16(21-8-10)24-12-2-1-5-22(9-12)15(23)13-4-3-11(18)6-14(13)19/h3-4,6-8,12H,1-2,5,9H2. The summed E-state index contributed by atoms with van der Waals surface area (Å²) in [6.07, 6.45) is 4.34. The van der Waals surface area contributed by atoms with Crippen molar-refractivity contribution in [3.05, 3.63) is 52.3 Å². The fraction of sp³-hybridized carbons (Fsp3) is 0.312. The van der Waals surface area contributed by atoms with E-state index in [2.05, 4.69) is 25.9 Å². The maximum absolute atomic E-state index is 13.8. The SMILES string of the molecule is O=C(c1ccc(F)cc1F)N1CCCC(Oc2ncc(Br)cn2)C1. The van der Waals surface area contributed by atoms with E-state index in [0.717, 1.165) is 29.4 Å². The van der Waals surface area contributed by atoms with Crippen LogP contribution in [0.15, 0.2) is 35.1 Å². The van der Waals surface area contributed by atoms with E-state index in [-0.39, 0.29) is 17.7 Å². The van der Waals surface area contributed by atoms with Crippen LogP contribution >= 0.6 is 15.9 Å². The minimum absolute atomic E-state index is 0.142. The monoisotopic (exact) mass is 397 g/mol. The van der Waals surface area contributed by atoms with Crippen LogP contribution in [0, 0.1) is 11.6 Å². The van der Waals surface area contributed by atoms with Gasteiger partial charge in [-0.15, -0.1) is 0 Å². The molecule has 1 fully saturated rings. The molecule has 0 spiro atoms. The van der Waals surface area contributed by atoms with Crippen LogP contribution in [-0.4, -0.2) is 40.0 Å². The van der Waals surface area contributed by atoms with E-state index in [1.165, 1.54) is 4.90 Å². The summed E-state index contributed by atoms with van der Waals surface area (Å²) < 4.78 is 33.2. The molecule has 5 nitrogen and oxygen atoms in total. The number of hydrogen-bond acceptors (Lipinski definition) is 4. The van der Waals surface area contributed by atoms with Crippen LogP contribution in [0.4, 0.5) is 8.78 Å². The largest absolute Gasteiger partial charge is 0.458 e. The quantitative estimate of drug-likeness (QED) is 0.797. The molecule has 0 bridgehead atoms. The van der Waals surface area contributed by atoms with E-state index in [1.54, 1.807) is 12.4 Å². The molecule has 1 atom stereocenters. The lowest BCUT2D eigenvalue weighted by Crippen LogP contribution is -2.44. The number of amides is 1. The summed E-state index contributed by atoms with van der Waals surface area (Å²) in [7, 11) is 0. The van der Waals surface area contributed by atoms with Crippen molar-refractivity contribution in [2.45, 2.75) is 18.9 Å². The Kier molecular flexibility index (Phi) is 5.03. The molecule has 0 radical (unpaired) electrons. The van der Waals surface area contributed by atoms with Crippen molar-refractivity contribution in [2.75, 3.05) is 13.1 Å². The van der Waals surface area contributed by atoms with E-state index in [0.29, 0.717) is 19.2 Å². The van der Waals surface area contributed by atoms with Crippen molar-refractivity contribution < 1.29 is 18.3 Å². The normalized spacial score (nSPS) is 17.6. The third-order valence-electron chi connectivity index (χ3n) is 3.70. The summed E-state index contributed by atoms with van der Waals surface area (Å²) >= 11 is 3.24. The van der Waals surface area contributed by atoms with E-state index < -0.39 is 17.5 Å². The number of benzene rings is 1. The van der Waals surface area contributed by atoms with Gasteiger partial charge < -0.3 is 9.64 Å². The number of ether oxygens (including phenoxy) is 1. The number of aromatic nitrogens is 2. The van der Waals surface area contributed by atoms with Crippen LogP contribution in [0.5, 0.6) is 6.01 Å². The van der Waals surface area contributed by atoms with Gasteiger partial charge in [0, 0.05) is 25.0 Å². The second kappa shape index (κ2) is 7.21. The van der Waals surface area contributed by atoms with Gasteiger partial charge in [0.25, 0.3) is 5.91 Å². The minimum atomic E-state index is -0.862. The van der Waals surface area contributed by atoms with Gasteiger partial charge in [0.15, 0.2) is 0 Å².